The van der Waals surface area contributed by atoms with E-state index in [2.05, 4.69) is 10.6 Å². The highest BCUT2D eigenvalue weighted by molar-refractivity contribution is 5.89. The Morgan fingerprint density at radius 1 is 1.22 bits per heavy atom. The molecule has 1 fully saturated rings. The van der Waals surface area contributed by atoms with Crippen molar-refractivity contribution in [2.45, 2.75) is 44.6 Å². The van der Waals surface area contributed by atoms with Gasteiger partial charge in [0.05, 0.1) is 5.92 Å². The SMILES string of the molecule is CC(F)(F)c1cccc(NC(=O)NC2CCC(C(=O)O)CC2)c1. The quantitative estimate of drug-likeness (QED) is 0.791. The first-order valence-corrected chi connectivity index (χ1v) is 7.54. The maximum absolute atomic E-state index is 13.3. The van der Waals surface area contributed by atoms with Crippen LogP contribution < -0.4 is 10.6 Å². The van der Waals surface area contributed by atoms with Gasteiger partial charge in [-0.25, -0.2) is 13.6 Å². The van der Waals surface area contributed by atoms with Crippen molar-refractivity contribution in [3.8, 4) is 0 Å². The van der Waals surface area contributed by atoms with Crippen molar-refractivity contribution in [1.29, 1.82) is 0 Å². The number of carboxylic acids is 1. The number of amides is 2. The summed E-state index contributed by atoms with van der Waals surface area (Å²) in [4.78, 5) is 22.8. The lowest BCUT2D eigenvalue weighted by molar-refractivity contribution is -0.142. The summed E-state index contributed by atoms with van der Waals surface area (Å²) in [6.07, 6.45) is 2.24. The Morgan fingerprint density at radius 3 is 2.43 bits per heavy atom. The minimum absolute atomic E-state index is 0.0959. The van der Waals surface area contributed by atoms with Gasteiger partial charge in [0.2, 0.25) is 0 Å². The van der Waals surface area contributed by atoms with Crippen LogP contribution in [0.5, 0.6) is 0 Å². The average Bonchev–Trinajstić information content (AvgIpc) is 2.47. The molecule has 5 nitrogen and oxygen atoms in total. The summed E-state index contributed by atoms with van der Waals surface area (Å²) < 4.78 is 26.5. The Kier molecular flexibility index (Phi) is 5.18. The van der Waals surface area contributed by atoms with Crippen molar-refractivity contribution in [2.75, 3.05) is 5.32 Å². The van der Waals surface area contributed by atoms with Gasteiger partial charge in [0.15, 0.2) is 0 Å². The van der Waals surface area contributed by atoms with Gasteiger partial charge in [-0.3, -0.25) is 4.79 Å². The van der Waals surface area contributed by atoms with Crippen molar-refractivity contribution in [2.24, 2.45) is 5.92 Å². The summed E-state index contributed by atoms with van der Waals surface area (Å²) in [7, 11) is 0. The fourth-order valence-corrected chi connectivity index (χ4v) is 2.71. The molecular weight excluding hydrogens is 306 g/mol. The highest BCUT2D eigenvalue weighted by atomic mass is 19.3. The normalized spacial score (nSPS) is 21.5. The van der Waals surface area contributed by atoms with Crippen LogP contribution in [0, 0.1) is 5.92 Å². The van der Waals surface area contributed by atoms with Crippen LogP contribution in [-0.4, -0.2) is 23.1 Å². The first-order chi connectivity index (χ1) is 10.8. The monoisotopic (exact) mass is 326 g/mol. The molecule has 0 bridgehead atoms. The molecule has 0 saturated heterocycles. The predicted molar refractivity (Wildman–Crippen MR) is 81.5 cm³/mol. The number of carbonyl (C=O) groups excluding carboxylic acids is 1. The van der Waals surface area contributed by atoms with Crippen molar-refractivity contribution in [1.82, 2.24) is 5.32 Å². The number of carbonyl (C=O) groups is 2. The second kappa shape index (κ2) is 6.93. The van der Waals surface area contributed by atoms with E-state index in [1.807, 2.05) is 0 Å². The van der Waals surface area contributed by atoms with Gasteiger partial charge in [-0.15, -0.1) is 0 Å². The maximum Gasteiger partial charge on any atom is 0.319 e. The van der Waals surface area contributed by atoms with Crippen molar-refractivity contribution in [3.63, 3.8) is 0 Å². The zero-order valence-electron chi connectivity index (χ0n) is 12.8. The van der Waals surface area contributed by atoms with Crippen LogP contribution in [0.15, 0.2) is 24.3 Å². The molecule has 23 heavy (non-hydrogen) atoms. The number of carboxylic acid groups (broad SMARTS) is 1. The largest absolute Gasteiger partial charge is 0.481 e. The number of hydrogen-bond donors (Lipinski definition) is 3. The van der Waals surface area contributed by atoms with E-state index >= 15 is 0 Å². The van der Waals surface area contributed by atoms with E-state index in [-0.39, 0.29) is 17.5 Å². The molecule has 0 aromatic heterocycles. The van der Waals surface area contributed by atoms with Gasteiger partial charge < -0.3 is 15.7 Å². The summed E-state index contributed by atoms with van der Waals surface area (Å²) >= 11 is 0. The first kappa shape index (κ1) is 17.2. The number of alkyl halides is 2. The number of benzene rings is 1. The number of halogens is 2. The molecule has 1 aromatic rings. The number of rotatable bonds is 4. The molecule has 0 spiro atoms. The van der Waals surface area contributed by atoms with Crippen LogP contribution in [-0.2, 0) is 10.7 Å². The number of anilines is 1. The Hall–Kier alpha value is -2.18. The van der Waals surface area contributed by atoms with Gasteiger partial charge in [-0.1, -0.05) is 12.1 Å². The third kappa shape index (κ3) is 4.91. The van der Waals surface area contributed by atoms with Crippen LogP contribution in [0.4, 0.5) is 19.3 Å². The topological polar surface area (TPSA) is 78.4 Å². The predicted octanol–water partition coefficient (Wildman–Crippen LogP) is 3.56. The zero-order valence-corrected chi connectivity index (χ0v) is 12.8. The third-order valence-electron chi connectivity index (χ3n) is 4.04. The molecule has 0 heterocycles. The molecule has 2 rings (SSSR count). The highest BCUT2D eigenvalue weighted by Gasteiger charge is 2.27. The maximum atomic E-state index is 13.3. The Bertz CT molecular complexity index is 579. The second-order valence-electron chi connectivity index (χ2n) is 5.95. The molecule has 1 saturated carbocycles. The smallest absolute Gasteiger partial charge is 0.319 e. The van der Waals surface area contributed by atoms with E-state index < -0.39 is 17.9 Å². The van der Waals surface area contributed by atoms with Crippen molar-refractivity contribution >= 4 is 17.7 Å². The third-order valence-corrected chi connectivity index (χ3v) is 4.04. The molecule has 1 aliphatic carbocycles. The van der Waals surface area contributed by atoms with Crippen molar-refractivity contribution in [3.05, 3.63) is 29.8 Å². The fraction of sp³-hybridized carbons (Fsp3) is 0.500. The van der Waals surface area contributed by atoms with Crippen LogP contribution in [0.1, 0.15) is 38.2 Å². The Balaban J connectivity index is 1.87. The van der Waals surface area contributed by atoms with Crippen LogP contribution in [0.3, 0.4) is 0 Å². The molecule has 126 valence electrons. The molecule has 0 radical (unpaired) electrons. The Labute approximate surface area is 133 Å². The molecule has 7 heteroatoms. The molecule has 3 N–H and O–H groups in total. The lowest BCUT2D eigenvalue weighted by atomic mass is 9.86. The first-order valence-electron chi connectivity index (χ1n) is 7.54. The van der Waals surface area contributed by atoms with Crippen LogP contribution >= 0.6 is 0 Å². The van der Waals surface area contributed by atoms with E-state index in [0.29, 0.717) is 31.4 Å². The van der Waals surface area contributed by atoms with Gasteiger partial charge in [0.25, 0.3) is 5.92 Å². The Morgan fingerprint density at radius 2 is 1.87 bits per heavy atom. The summed E-state index contributed by atoms with van der Waals surface area (Å²) in [6, 6.07) is 4.97. The molecule has 1 aliphatic rings. The lowest BCUT2D eigenvalue weighted by Crippen LogP contribution is -2.41. The van der Waals surface area contributed by atoms with Gasteiger partial charge in [-0.05, 0) is 37.8 Å². The average molecular weight is 326 g/mol. The van der Waals surface area contributed by atoms with E-state index in [4.69, 9.17) is 5.11 Å². The molecule has 2 amide bonds. The summed E-state index contributed by atoms with van der Waals surface area (Å²) in [5, 5.41) is 14.2. The minimum Gasteiger partial charge on any atom is -0.481 e. The molecule has 0 aliphatic heterocycles. The summed E-state index contributed by atoms with van der Waals surface area (Å²) in [5.41, 5.74) is 0.123. The molecule has 1 aromatic carbocycles. The fourth-order valence-electron chi connectivity index (χ4n) is 2.71. The number of urea groups is 1. The second-order valence-corrected chi connectivity index (χ2v) is 5.95. The zero-order chi connectivity index (χ0) is 17.0. The lowest BCUT2D eigenvalue weighted by Gasteiger charge is -2.26. The minimum atomic E-state index is -2.97. The summed E-state index contributed by atoms with van der Waals surface area (Å²) in [5.74, 6) is -4.12. The summed E-state index contributed by atoms with van der Waals surface area (Å²) in [6.45, 7) is 0.799. The van der Waals surface area contributed by atoms with E-state index in [1.54, 1.807) is 0 Å². The van der Waals surface area contributed by atoms with Crippen LogP contribution in [0.25, 0.3) is 0 Å². The van der Waals surface area contributed by atoms with Gasteiger partial charge in [0.1, 0.15) is 0 Å². The molecular formula is C16H20F2N2O3. The number of hydrogen-bond acceptors (Lipinski definition) is 2. The molecule has 0 unspecified atom stereocenters. The highest BCUT2D eigenvalue weighted by Crippen LogP contribution is 2.28. The van der Waals surface area contributed by atoms with E-state index in [0.717, 1.165) is 6.92 Å². The van der Waals surface area contributed by atoms with E-state index in [9.17, 15) is 18.4 Å². The van der Waals surface area contributed by atoms with Gasteiger partial charge in [-0.2, -0.15) is 0 Å². The molecule has 0 atom stereocenters. The van der Waals surface area contributed by atoms with Gasteiger partial charge in [0, 0.05) is 24.2 Å². The number of aliphatic carboxylic acids is 1. The standard InChI is InChI=1S/C16H20F2N2O3/c1-16(17,18)11-3-2-4-13(9-11)20-15(23)19-12-7-5-10(6-8-12)14(21)22/h2-4,9-10,12H,5-8H2,1H3,(H,21,22)(H2,19,20,23). The van der Waals surface area contributed by atoms with E-state index in [1.165, 1.54) is 24.3 Å². The number of nitrogens with one attached hydrogen (secondary N) is 2. The van der Waals surface area contributed by atoms with Crippen molar-refractivity contribution < 1.29 is 23.5 Å². The van der Waals surface area contributed by atoms with Gasteiger partial charge >= 0.3 is 12.0 Å². The van der Waals surface area contributed by atoms with Crippen LogP contribution in [0.2, 0.25) is 0 Å².